The second-order valence-corrected chi connectivity index (χ2v) is 11.2. The third kappa shape index (κ3) is 6.99. The molecule has 0 saturated carbocycles. The van der Waals surface area contributed by atoms with Crippen LogP contribution in [0.4, 0.5) is 0 Å². The quantitative estimate of drug-likeness (QED) is 0.118. The van der Waals surface area contributed by atoms with Crippen LogP contribution >= 0.6 is 0 Å². The minimum Gasteiger partial charge on any atom is -0.363 e. The lowest BCUT2D eigenvalue weighted by Crippen LogP contribution is -2.45. The summed E-state index contributed by atoms with van der Waals surface area (Å²) in [5, 5.41) is 14.8. The normalized spacial score (nSPS) is 13.1. The smallest absolute Gasteiger partial charge is 0.273 e. The summed E-state index contributed by atoms with van der Waals surface area (Å²) < 4.78 is 5.95. The average molecular weight is 566 g/mol. The standard InChI is InChI=1S/C33H35N5O4/c1-33(2,30(32(40)38-41)42-21-22-8-4-3-5-9-22)16-14-29(39)35-27(31-36-26-15-17-34-20-28(26)37-31)19-23-12-13-24-10-6-7-11-25(24)18-23/h3-13,15,17-18,20,27,30,41H,14,16,19,21H2,1-2H3,(H,35,39)(H,36,37)(H,38,40)/t27?,30-/m1/s1. The first kappa shape index (κ1) is 28.9. The van der Waals surface area contributed by atoms with E-state index in [4.69, 9.17) is 9.72 Å². The summed E-state index contributed by atoms with van der Waals surface area (Å²) in [4.78, 5) is 38.2. The lowest BCUT2D eigenvalue weighted by Gasteiger charge is -2.32. The van der Waals surface area contributed by atoms with Crippen molar-refractivity contribution in [3.63, 3.8) is 0 Å². The van der Waals surface area contributed by atoms with Crippen molar-refractivity contribution in [1.29, 1.82) is 0 Å². The van der Waals surface area contributed by atoms with E-state index in [2.05, 4.69) is 45.6 Å². The Morgan fingerprint density at radius 1 is 0.976 bits per heavy atom. The number of hydroxylamine groups is 1. The van der Waals surface area contributed by atoms with Crippen LogP contribution in [-0.2, 0) is 27.4 Å². The van der Waals surface area contributed by atoms with Crippen LogP contribution in [0.15, 0.2) is 91.3 Å². The van der Waals surface area contributed by atoms with E-state index in [0.29, 0.717) is 18.7 Å². The largest absolute Gasteiger partial charge is 0.363 e. The monoisotopic (exact) mass is 565 g/mol. The minimum atomic E-state index is -0.966. The summed E-state index contributed by atoms with van der Waals surface area (Å²) in [6, 6.07) is 25.4. The van der Waals surface area contributed by atoms with Gasteiger partial charge in [-0.15, -0.1) is 0 Å². The Balaban J connectivity index is 1.30. The summed E-state index contributed by atoms with van der Waals surface area (Å²) in [6.07, 6.45) is 3.44. The number of carbonyl (C=O) groups is 2. The lowest BCUT2D eigenvalue weighted by molar-refractivity contribution is -0.152. The Morgan fingerprint density at radius 3 is 2.50 bits per heavy atom. The number of ether oxygens (including phenoxy) is 1. The van der Waals surface area contributed by atoms with Gasteiger partial charge >= 0.3 is 0 Å². The summed E-state index contributed by atoms with van der Waals surface area (Å²) in [5.41, 5.74) is 4.49. The molecule has 0 aliphatic carbocycles. The van der Waals surface area contributed by atoms with E-state index < -0.39 is 23.5 Å². The van der Waals surface area contributed by atoms with Gasteiger partial charge in [-0.2, -0.15) is 0 Å². The zero-order valence-corrected chi connectivity index (χ0v) is 23.7. The number of pyridine rings is 1. The van der Waals surface area contributed by atoms with Crippen molar-refractivity contribution in [2.45, 2.75) is 51.9 Å². The molecular weight excluding hydrogens is 530 g/mol. The van der Waals surface area contributed by atoms with E-state index in [-0.39, 0.29) is 18.9 Å². The zero-order valence-electron chi connectivity index (χ0n) is 23.7. The molecule has 2 atom stereocenters. The highest BCUT2D eigenvalue weighted by Crippen LogP contribution is 2.31. The van der Waals surface area contributed by atoms with Crippen molar-refractivity contribution < 1.29 is 19.5 Å². The Morgan fingerprint density at radius 2 is 1.74 bits per heavy atom. The minimum absolute atomic E-state index is 0.146. The number of rotatable bonds is 12. The maximum Gasteiger partial charge on any atom is 0.273 e. The van der Waals surface area contributed by atoms with Gasteiger partial charge in [-0.25, -0.2) is 10.5 Å². The summed E-state index contributed by atoms with van der Waals surface area (Å²) in [5.74, 6) is -0.192. The third-order valence-corrected chi connectivity index (χ3v) is 7.54. The maximum atomic E-state index is 13.4. The van der Waals surface area contributed by atoms with E-state index >= 15 is 0 Å². The summed E-state index contributed by atoms with van der Waals surface area (Å²) >= 11 is 0. The number of H-pyrrole nitrogens is 1. The van der Waals surface area contributed by atoms with E-state index in [0.717, 1.165) is 32.9 Å². The highest BCUT2D eigenvalue weighted by atomic mass is 16.5. The van der Waals surface area contributed by atoms with Gasteiger partial charge in [-0.05, 0) is 40.8 Å². The first-order valence-corrected chi connectivity index (χ1v) is 14.0. The van der Waals surface area contributed by atoms with Gasteiger partial charge in [0.05, 0.1) is 24.4 Å². The SMILES string of the molecule is CC(C)(CCC(=O)NC(Cc1ccc2ccccc2c1)c1nc2cnccc2[nH]1)[C@H](OCc1ccccc1)C(=O)NO. The van der Waals surface area contributed by atoms with Crippen molar-refractivity contribution >= 4 is 33.6 Å². The maximum absolute atomic E-state index is 13.4. The second-order valence-electron chi connectivity index (χ2n) is 11.2. The van der Waals surface area contributed by atoms with Crippen molar-refractivity contribution in [2.24, 2.45) is 5.41 Å². The fraction of sp³-hybridized carbons (Fsp3) is 0.273. The van der Waals surface area contributed by atoms with E-state index in [1.807, 2.05) is 62.4 Å². The highest BCUT2D eigenvalue weighted by molar-refractivity contribution is 5.83. The lowest BCUT2D eigenvalue weighted by atomic mass is 9.81. The summed E-state index contributed by atoms with van der Waals surface area (Å²) in [6.45, 7) is 3.90. The number of hydrogen-bond donors (Lipinski definition) is 4. The van der Waals surface area contributed by atoms with Crippen LogP contribution in [0, 0.1) is 5.41 Å². The predicted octanol–water partition coefficient (Wildman–Crippen LogP) is 5.41. The van der Waals surface area contributed by atoms with E-state index in [9.17, 15) is 14.8 Å². The first-order valence-electron chi connectivity index (χ1n) is 14.0. The number of aromatic nitrogens is 3. The van der Waals surface area contributed by atoms with Gasteiger partial charge < -0.3 is 15.0 Å². The first-order chi connectivity index (χ1) is 20.3. The molecule has 0 fully saturated rings. The topological polar surface area (TPSA) is 129 Å². The predicted molar refractivity (Wildman–Crippen MR) is 160 cm³/mol. The number of benzene rings is 3. The van der Waals surface area contributed by atoms with Gasteiger partial charge in [-0.1, -0.05) is 86.6 Å². The molecule has 2 amide bonds. The highest BCUT2D eigenvalue weighted by Gasteiger charge is 2.36. The number of nitrogens with one attached hydrogen (secondary N) is 3. The van der Waals surface area contributed by atoms with E-state index in [1.54, 1.807) is 17.9 Å². The van der Waals surface area contributed by atoms with Gasteiger partial charge in [-0.3, -0.25) is 19.8 Å². The molecule has 9 heteroatoms. The van der Waals surface area contributed by atoms with Gasteiger partial charge in [0.2, 0.25) is 5.91 Å². The van der Waals surface area contributed by atoms with Crippen LogP contribution in [0.1, 0.15) is 49.7 Å². The van der Waals surface area contributed by atoms with Crippen LogP contribution in [0.25, 0.3) is 21.8 Å². The molecule has 0 radical (unpaired) electrons. The number of nitrogens with zero attached hydrogens (tertiary/aromatic N) is 2. The molecule has 9 nitrogen and oxygen atoms in total. The van der Waals surface area contributed by atoms with Crippen molar-refractivity contribution in [2.75, 3.05) is 0 Å². The molecule has 0 aliphatic rings. The molecule has 5 aromatic rings. The average Bonchev–Trinajstić information content (AvgIpc) is 3.45. The van der Waals surface area contributed by atoms with Crippen LogP contribution in [-0.4, -0.2) is 38.1 Å². The summed E-state index contributed by atoms with van der Waals surface area (Å²) in [7, 11) is 0. The van der Waals surface area contributed by atoms with Crippen LogP contribution in [0.3, 0.4) is 0 Å². The van der Waals surface area contributed by atoms with Crippen LogP contribution in [0.5, 0.6) is 0 Å². The fourth-order valence-electron chi connectivity index (χ4n) is 5.16. The molecule has 3 aromatic carbocycles. The van der Waals surface area contributed by atoms with Gasteiger partial charge in [0.1, 0.15) is 17.4 Å². The molecule has 0 aliphatic heterocycles. The molecule has 1 unspecified atom stereocenters. The van der Waals surface area contributed by atoms with Gasteiger partial charge in [0, 0.05) is 18.0 Å². The molecule has 2 aromatic heterocycles. The Bertz CT molecular complexity index is 1630. The molecule has 42 heavy (non-hydrogen) atoms. The van der Waals surface area contributed by atoms with Crippen molar-refractivity contribution in [1.82, 2.24) is 25.7 Å². The van der Waals surface area contributed by atoms with Crippen LogP contribution < -0.4 is 10.8 Å². The molecule has 0 spiro atoms. The number of amides is 2. The van der Waals surface area contributed by atoms with Gasteiger partial charge in [0.15, 0.2) is 0 Å². The molecular formula is C33H35N5O4. The number of aromatic amines is 1. The fourth-order valence-corrected chi connectivity index (χ4v) is 5.16. The molecule has 5 rings (SSSR count). The molecule has 2 heterocycles. The zero-order chi connectivity index (χ0) is 29.5. The molecule has 0 bridgehead atoms. The number of imidazole rings is 1. The Labute approximate surface area is 244 Å². The molecule has 4 N–H and O–H groups in total. The Kier molecular flexibility index (Phi) is 8.90. The van der Waals surface area contributed by atoms with Crippen molar-refractivity contribution in [3.05, 3.63) is 108 Å². The molecule has 216 valence electrons. The van der Waals surface area contributed by atoms with Crippen LogP contribution in [0.2, 0.25) is 0 Å². The Hall–Kier alpha value is -4.60. The third-order valence-electron chi connectivity index (χ3n) is 7.54. The number of carbonyl (C=O) groups excluding carboxylic acids is 2. The number of fused-ring (bicyclic) bond motifs is 2. The molecule has 0 saturated heterocycles. The van der Waals surface area contributed by atoms with E-state index in [1.165, 1.54) is 0 Å². The van der Waals surface area contributed by atoms with Gasteiger partial charge in [0.25, 0.3) is 5.91 Å². The number of hydrogen-bond acceptors (Lipinski definition) is 6. The van der Waals surface area contributed by atoms with Crippen molar-refractivity contribution in [3.8, 4) is 0 Å². The second kappa shape index (κ2) is 12.9.